The van der Waals surface area contributed by atoms with Crippen molar-refractivity contribution < 1.29 is 9.59 Å². The van der Waals surface area contributed by atoms with Gasteiger partial charge in [-0.15, -0.1) is 0 Å². The number of aliphatic imine (C=N–C) groups is 2. The average Bonchev–Trinajstić information content (AvgIpc) is 3.22. The smallest absolute Gasteiger partial charge is 0.275 e. The molecule has 5 rings (SSSR count). The number of aryl methyl sites for hydroxylation is 3. The Kier molecular flexibility index (Phi) is 6.49. The molecule has 2 unspecified atom stereocenters. The molecule has 2 atom stereocenters. The van der Waals surface area contributed by atoms with Gasteiger partial charge in [-0.1, -0.05) is 78.8 Å². The molecule has 0 radical (unpaired) electrons. The van der Waals surface area contributed by atoms with Crippen molar-refractivity contribution in [3.8, 4) is 0 Å². The lowest BCUT2D eigenvalue weighted by molar-refractivity contribution is -0.119. The first-order valence-electron chi connectivity index (χ1n) is 12.1. The maximum absolute atomic E-state index is 13.5. The molecular formula is C29H28N4O2S. The van der Waals surface area contributed by atoms with Crippen LogP contribution in [-0.4, -0.2) is 33.0 Å². The molecule has 7 heteroatoms. The number of hydrogen-bond donors (Lipinski definition) is 1. The van der Waals surface area contributed by atoms with Crippen LogP contribution in [0.25, 0.3) is 0 Å². The van der Waals surface area contributed by atoms with E-state index >= 15 is 0 Å². The molecular weight excluding hydrogens is 468 g/mol. The molecule has 36 heavy (non-hydrogen) atoms. The van der Waals surface area contributed by atoms with Gasteiger partial charge in [0.25, 0.3) is 5.91 Å². The Balaban J connectivity index is 1.49. The predicted octanol–water partition coefficient (Wildman–Crippen LogP) is 6.09. The van der Waals surface area contributed by atoms with E-state index in [0.717, 1.165) is 39.2 Å². The summed E-state index contributed by atoms with van der Waals surface area (Å²) in [4.78, 5) is 37.9. The second-order valence-electron chi connectivity index (χ2n) is 9.15. The molecule has 3 aromatic rings. The normalized spacial score (nSPS) is 17.2. The first kappa shape index (κ1) is 24.0. The van der Waals surface area contributed by atoms with Gasteiger partial charge in [0.2, 0.25) is 5.91 Å². The van der Waals surface area contributed by atoms with Crippen LogP contribution < -0.4 is 5.32 Å². The molecule has 2 amide bonds. The number of nitrogens with one attached hydrogen (secondary N) is 1. The number of carbonyl (C=O) groups is 2. The summed E-state index contributed by atoms with van der Waals surface area (Å²) in [6.07, 6.45) is 0.603. The molecule has 0 fully saturated rings. The Hall–Kier alpha value is -3.71. The van der Waals surface area contributed by atoms with Gasteiger partial charge in [0.05, 0.1) is 10.9 Å². The van der Waals surface area contributed by atoms with Gasteiger partial charge >= 0.3 is 0 Å². The Bertz CT molecular complexity index is 1390. The topological polar surface area (TPSA) is 74.1 Å². The van der Waals surface area contributed by atoms with Gasteiger partial charge in [-0.2, -0.15) is 4.99 Å². The summed E-state index contributed by atoms with van der Waals surface area (Å²) in [5.41, 5.74) is 6.49. The van der Waals surface area contributed by atoms with Crippen LogP contribution in [-0.2, 0) is 9.59 Å². The predicted molar refractivity (Wildman–Crippen MR) is 147 cm³/mol. The van der Waals surface area contributed by atoms with Crippen LogP contribution in [0.4, 0.5) is 11.4 Å². The quantitative estimate of drug-likeness (QED) is 0.464. The van der Waals surface area contributed by atoms with Crippen molar-refractivity contribution in [1.82, 2.24) is 4.90 Å². The summed E-state index contributed by atoms with van der Waals surface area (Å²) in [6, 6.07) is 20.8. The number of fused-ring (bicyclic) bond motifs is 3. The molecule has 2 heterocycles. The molecule has 0 aliphatic carbocycles. The van der Waals surface area contributed by atoms with E-state index < -0.39 is 11.3 Å². The lowest BCUT2D eigenvalue weighted by atomic mass is 10.0. The third-order valence-corrected chi connectivity index (χ3v) is 7.79. The Morgan fingerprint density at radius 2 is 1.67 bits per heavy atom. The molecule has 3 aromatic carbocycles. The van der Waals surface area contributed by atoms with Crippen LogP contribution in [0, 0.1) is 20.8 Å². The van der Waals surface area contributed by atoms with Crippen LogP contribution in [0.3, 0.4) is 0 Å². The fourth-order valence-electron chi connectivity index (χ4n) is 4.80. The third-order valence-electron chi connectivity index (χ3n) is 6.45. The van der Waals surface area contributed by atoms with Crippen molar-refractivity contribution in [2.45, 2.75) is 45.4 Å². The van der Waals surface area contributed by atoms with Crippen molar-refractivity contribution in [1.29, 1.82) is 0 Å². The highest BCUT2D eigenvalue weighted by Gasteiger charge is 2.43. The van der Waals surface area contributed by atoms with E-state index in [1.54, 1.807) is 0 Å². The van der Waals surface area contributed by atoms with Crippen molar-refractivity contribution in [3.05, 3.63) is 94.5 Å². The maximum atomic E-state index is 13.5. The summed E-state index contributed by atoms with van der Waals surface area (Å²) in [5, 5.41) is 3.35. The zero-order valence-corrected chi connectivity index (χ0v) is 21.6. The zero-order chi connectivity index (χ0) is 25.4. The van der Waals surface area contributed by atoms with Gasteiger partial charge in [0, 0.05) is 11.3 Å². The Morgan fingerprint density at radius 1 is 1.00 bits per heavy atom. The number of rotatable bonds is 5. The standard InChI is InChI=1S/C29H28N4O2S/c1-5-23(27(34)31-24-18(3)15-17(2)16-19(24)4)36-29-30-22-14-10-9-13-21(22)26-32-28(35)25(33(26)29)20-11-7-6-8-12-20/h6-16,23,25H,5H2,1-4H3,(H,31,34). The second-order valence-corrected chi connectivity index (χ2v) is 10.3. The first-order chi connectivity index (χ1) is 17.4. The molecule has 0 saturated carbocycles. The van der Waals surface area contributed by atoms with Crippen LogP contribution in [0.5, 0.6) is 0 Å². The van der Waals surface area contributed by atoms with E-state index in [4.69, 9.17) is 4.99 Å². The summed E-state index contributed by atoms with van der Waals surface area (Å²) in [5.74, 6) is 0.270. The third kappa shape index (κ3) is 4.35. The maximum Gasteiger partial charge on any atom is 0.275 e. The number of nitrogens with zero attached hydrogens (tertiary/aromatic N) is 3. The van der Waals surface area contributed by atoms with E-state index in [0.29, 0.717) is 17.4 Å². The first-order valence-corrected chi connectivity index (χ1v) is 13.0. The van der Waals surface area contributed by atoms with Crippen molar-refractivity contribution in [2.24, 2.45) is 9.98 Å². The molecule has 2 aliphatic heterocycles. The minimum absolute atomic E-state index is 0.0839. The van der Waals surface area contributed by atoms with Gasteiger partial charge in [0.1, 0.15) is 11.9 Å². The van der Waals surface area contributed by atoms with E-state index in [9.17, 15) is 9.59 Å². The number of amidine groups is 2. The highest BCUT2D eigenvalue weighted by Crippen LogP contribution is 2.40. The zero-order valence-electron chi connectivity index (χ0n) is 20.8. The monoisotopic (exact) mass is 496 g/mol. The van der Waals surface area contributed by atoms with Crippen LogP contribution in [0.2, 0.25) is 0 Å². The number of thioether (sulfide) groups is 1. The molecule has 2 aliphatic rings. The average molecular weight is 497 g/mol. The summed E-state index contributed by atoms with van der Waals surface area (Å²) < 4.78 is 0. The molecule has 0 bridgehead atoms. The van der Waals surface area contributed by atoms with Crippen molar-refractivity contribution >= 4 is 46.0 Å². The Morgan fingerprint density at radius 3 is 2.36 bits per heavy atom. The molecule has 1 N–H and O–H groups in total. The van der Waals surface area contributed by atoms with E-state index in [-0.39, 0.29) is 11.8 Å². The molecule has 6 nitrogen and oxygen atoms in total. The van der Waals surface area contributed by atoms with Crippen molar-refractivity contribution in [2.75, 3.05) is 5.32 Å². The summed E-state index contributed by atoms with van der Waals surface area (Å²) >= 11 is 1.38. The summed E-state index contributed by atoms with van der Waals surface area (Å²) in [6.45, 7) is 8.06. The summed E-state index contributed by atoms with van der Waals surface area (Å²) in [7, 11) is 0. The van der Waals surface area contributed by atoms with Crippen LogP contribution >= 0.6 is 11.8 Å². The highest BCUT2D eigenvalue weighted by atomic mass is 32.2. The number of hydrogen-bond acceptors (Lipinski definition) is 5. The second kappa shape index (κ2) is 9.74. The van der Waals surface area contributed by atoms with Crippen LogP contribution in [0.15, 0.2) is 76.7 Å². The number of benzene rings is 3. The van der Waals surface area contributed by atoms with Gasteiger partial charge in [0.15, 0.2) is 5.17 Å². The van der Waals surface area contributed by atoms with Crippen LogP contribution in [0.1, 0.15) is 47.2 Å². The van der Waals surface area contributed by atoms with Crippen molar-refractivity contribution in [3.63, 3.8) is 0 Å². The van der Waals surface area contributed by atoms with E-state index in [2.05, 4.69) is 29.4 Å². The molecule has 0 spiro atoms. The molecule has 0 aromatic heterocycles. The van der Waals surface area contributed by atoms with Gasteiger partial charge in [-0.05, 0) is 56.0 Å². The number of anilines is 1. The fraction of sp³-hybridized carbons (Fsp3) is 0.241. The largest absolute Gasteiger partial charge is 0.325 e. The van der Waals surface area contributed by atoms with Gasteiger partial charge < -0.3 is 5.32 Å². The minimum atomic E-state index is -0.608. The van der Waals surface area contributed by atoms with E-state index in [1.807, 2.05) is 80.3 Å². The Labute approximate surface area is 215 Å². The SMILES string of the molecule is CCC(SC1=Nc2ccccc2C2=NC(=O)C(c3ccccc3)N12)C(=O)Nc1c(C)cc(C)cc1C. The minimum Gasteiger partial charge on any atom is -0.325 e. The highest BCUT2D eigenvalue weighted by molar-refractivity contribution is 8.15. The molecule has 0 saturated heterocycles. The lowest BCUT2D eigenvalue weighted by Crippen LogP contribution is -2.40. The number of para-hydroxylation sites is 1. The van der Waals surface area contributed by atoms with Gasteiger partial charge in [-0.3, -0.25) is 14.5 Å². The van der Waals surface area contributed by atoms with E-state index in [1.165, 1.54) is 11.8 Å². The van der Waals surface area contributed by atoms with Gasteiger partial charge in [-0.25, -0.2) is 4.99 Å². The number of amides is 2. The molecule has 182 valence electrons. The lowest BCUT2D eigenvalue weighted by Gasteiger charge is -2.32. The number of carbonyl (C=O) groups excluding carboxylic acids is 2. The fourth-order valence-corrected chi connectivity index (χ4v) is 5.84.